The van der Waals surface area contributed by atoms with Crippen LogP contribution in [0.5, 0.6) is 0 Å². The van der Waals surface area contributed by atoms with Crippen molar-refractivity contribution in [3.8, 4) is 0 Å². The average molecular weight is 423 g/mol. The van der Waals surface area contributed by atoms with Gasteiger partial charge < -0.3 is 0 Å². The summed E-state index contributed by atoms with van der Waals surface area (Å²) < 4.78 is 51.2. The fourth-order valence-electron chi connectivity index (χ4n) is 3.40. The van der Waals surface area contributed by atoms with Crippen molar-refractivity contribution >= 4 is 25.6 Å². The van der Waals surface area contributed by atoms with E-state index in [1.165, 1.54) is 41.6 Å². The van der Waals surface area contributed by atoms with E-state index >= 15 is 0 Å². The second kappa shape index (κ2) is 7.73. The van der Waals surface area contributed by atoms with E-state index in [-0.39, 0.29) is 34.6 Å². The smallest absolute Gasteiger partial charge is 0.243 e. The Morgan fingerprint density at radius 1 is 1.04 bits per heavy atom. The molecule has 1 fully saturated rings. The Hall–Kier alpha value is -2.10. The number of carbonyl (C=O) groups excluding carboxylic acids is 1. The largest absolute Gasteiger partial charge is 0.295 e. The third-order valence-electron chi connectivity index (χ3n) is 4.94. The molecular weight excluding hydrogens is 400 g/mol. The fraction of sp³-hybridized carbons (Fsp3) is 0.368. The number of carbonyl (C=O) groups is 1. The van der Waals surface area contributed by atoms with Crippen LogP contribution in [0.4, 0.5) is 0 Å². The number of ketones is 1. The minimum absolute atomic E-state index is 0.113. The summed E-state index contributed by atoms with van der Waals surface area (Å²) in [5.41, 5.74) is 0.967. The first kappa shape index (κ1) is 20.6. The Labute approximate surface area is 165 Å². The Morgan fingerprint density at radius 3 is 2.18 bits per heavy atom. The van der Waals surface area contributed by atoms with Gasteiger partial charge in [-0.1, -0.05) is 12.1 Å². The molecule has 150 valence electrons. The predicted molar refractivity (Wildman–Crippen MR) is 105 cm³/mol. The Bertz CT molecular complexity index is 1090. The minimum atomic E-state index is -3.67. The molecule has 0 radical (unpaired) electrons. The summed E-state index contributed by atoms with van der Waals surface area (Å²) in [4.78, 5) is 16.0. The van der Waals surface area contributed by atoms with Crippen molar-refractivity contribution in [2.75, 3.05) is 19.3 Å². The monoisotopic (exact) mass is 422 g/mol. The van der Waals surface area contributed by atoms with Crippen LogP contribution in [0.15, 0.2) is 52.4 Å². The number of hydrogen-bond acceptors (Lipinski definition) is 6. The molecule has 0 aliphatic carbocycles. The number of aromatic nitrogens is 1. The summed E-state index contributed by atoms with van der Waals surface area (Å²) in [5, 5.41) is 0. The summed E-state index contributed by atoms with van der Waals surface area (Å²) in [5.74, 6) is -0.237. The van der Waals surface area contributed by atoms with E-state index < -0.39 is 19.9 Å². The molecule has 9 heteroatoms. The quantitative estimate of drug-likeness (QED) is 0.685. The zero-order valence-corrected chi connectivity index (χ0v) is 17.3. The van der Waals surface area contributed by atoms with Crippen LogP contribution in [0.25, 0.3) is 0 Å². The standard InChI is InChI=1S/C19H22N2O5S2/c1-14(22)15-5-7-17(8-6-15)28(25,26)21-12-9-16(10-13-21)19-18(27(2,23)24)4-3-11-20-19/h3-8,11,16H,9-10,12-13H2,1-2H3. The molecule has 2 heterocycles. The van der Waals surface area contributed by atoms with Crippen molar-refractivity contribution in [3.05, 3.63) is 53.9 Å². The topological polar surface area (TPSA) is 101 Å². The van der Waals surface area contributed by atoms with Gasteiger partial charge in [0.25, 0.3) is 0 Å². The van der Waals surface area contributed by atoms with E-state index in [4.69, 9.17) is 0 Å². The maximum atomic E-state index is 12.9. The van der Waals surface area contributed by atoms with Gasteiger partial charge in [-0.25, -0.2) is 16.8 Å². The fourth-order valence-corrected chi connectivity index (χ4v) is 5.80. The van der Waals surface area contributed by atoms with Gasteiger partial charge in [-0.15, -0.1) is 0 Å². The van der Waals surface area contributed by atoms with Crippen LogP contribution in [-0.2, 0) is 19.9 Å². The normalized spacial score (nSPS) is 16.8. The maximum absolute atomic E-state index is 12.9. The lowest BCUT2D eigenvalue weighted by Gasteiger charge is -2.31. The van der Waals surface area contributed by atoms with Gasteiger partial charge in [0.1, 0.15) is 0 Å². The van der Waals surface area contributed by atoms with Crippen LogP contribution in [-0.4, -0.2) is 51.3 Å². The number of nitrogens with zero attached hydrogens (tertiary/aromatic N) is 2. The molecule has 1 aromatic heterocycles. The predicted octanol–water partition coefficient (Wildman–Crippen LogP) is 2.26. The van der Waals surface area contributed by atoms with Gasteiger partial charge >= 0.3 is 0 Å². The molecule has 0 bridgehead atoms. The van der Waals surface area contributed by atoms with Crippen LogP contribution in [0.1, 0.15) is 41.7 Å². The molecule has 0 N–H and O–H groups in total. The highest BCUT2D eigenvalue weighted by molar-refractivity contribution is 7.90. The lowest BCUT2D eigenvalue weighted by molar-refractivity contribution is 0.101. The Balaban J connectivity index is 1.78. The van der Waals surface area contributed by atoms with Crippen LogP contribution in [0.3, 0.4) is 0 Å². The van der Waals surface area contributed by atoms with Crippen LogP contribution < -0.4 is 0 Å². The first-order valence-electron chi connectivity index (χ1n) is 8.87. The average Bonchev–Trinajstić information content (AvgIpc) is 2.67. The summed E-state index contributed by atoms with van der Waals surface area (Å²) in [6.45, 7) is 1.99. The second-order valence-corrected chi connectivity index (χ2v) is 10.8. The van der Waals surface area contributed by atoms with Crippen molar-refractivity contribution < 1.29 is 21.6 Å². The van der Waals surface area contributed by atoms with E-state index in [9.17, 15) is 21.6 Å². The number of Topliss-reactive ketones (excluding diaryl/α,β-unsaturated/α-hetero) is 1. The van der Waals surface area contributed by atoms with E-state index in [1.54, 1.807) is 12.3 Å². The molecular formula is C19H22N2O5S2. The molecule has 0 unspecified atom stereocenters. The second-order valence-electron chi connectivity index (χ2n) is 6.92. The van der Waals surface area contributed by atoms with Crippen molar-refractivity contribution in [1.82, 2.24) is 9.29 Å². The summed E-state index contributed by atoms with van der Waals surface area (Å²) in [6, 6.07) is 9.03. The van der Waals surface area contributed by atoms with E-state index in [0.29, 0.717) is 24.1 Å². The highest BCUT2D eigenvalue weighted by Gasteiger charge is 2.32. The van der Waals surface area contributed by atoms with E-state index in [2.05, 4.69) is 4.98 Å². The number of sulfonamides is 1. The van der Waals surface area contributed by atoms with Gasteiger partial charge in [0.05, 0.1) is 15.5 Å². The molecule has 0 saturated carbocycles. The number of pyridine rings is 1. The van der Waals surface area contributed by atoms with E-state index in [0.717, 1.165) is 6.26 Å². The van der Waals surface area contributed by atoms with Crippen molar-refractivity contribution in [2.45, 2.75) is 35.5 Å². The molecule has 1 saturated heterocycles. The number of sulfone groups is 1. The molecule has 1 aliphatic rings. The number of hydrogen-bond donors (Lipinski definition) is 0. The summed E-state index contributed by atoms with van der Waals surface area (Å²) >= 11 is 0. The third-order valence-corrected chi connectivity index (χ3v) is 8.00. The highest BCUT2D eigenvalue weighted by Crippen LogP contribution is 2.32. The molecule has 0 amide bonds. The minimum Gasteiger partial charge on any atom is -0.295 e. The van der Waals surface area contributed by atoms with Crippen LogP contribution in [0, 0.1) is 0 Å². The lowest BCUT2D eigenvalue weighted by atomic mass is 9.94. The number of benzene rings is 1. The zero-order valence-electron chi connectivity index (χ0n) is 15.7. The van der Waals surface area contributed by atoms with Gasteiger partial charge in [-0.3, -0.25) is 9.78 Å². The molecule has 1 aliphatic heterocycles. The van der Waals surface area contributed by atoms with Gasteiger partial charge in [0.15, 0.2) is 15.6 Å². The van der Waals surface area contributed by atoms with Crippen LogP contribution in [0.2, 0.25) is 0 Å². The molecule has 28 heavy (non-hydrogen) atoms. The SMILES string of the molecule is CC(=O)c1ccc(S(=O)(=O)N2CCC(c3ncccc3S(C)(=O)=O)CC2)cc1. The lowest BCUT2D eigenvalue weighted by Crippen LogP contribution is -2.38. The summed E-state index contributed by atoms with van der Waals surface area (Å²) in [7, 11) is -7.07. The molecule has 0 atom stereocenters. The number of piperidine rings is 1. The van der Waals surface area contributed by atoms with Gasteiger partial charge in [0, 0.05) is 37.0 Å². The van der Waals surface area contributed by atoms with Crippen molar-refractivity contribution in [1.29, 1.82) is 0 Å². The van der Waals surface area contributed by atoms with E-state index in [1.807, 2.05) is 0 Å². The molecule has 0 spiro atoms. The maximum Gasteiger partial charge on any atom is 0.243 e. The van der Waals surface area contributed by atoms with Gasteiger partial charge in [-0.2, -0.15) is 4.31 Å². The Kier molecular flexibility index (Phi) is 5.69. The first-order valence-corrected chi connectivity index (χ1v) is 12.2. The molecule has 2 aromatic rings. The molecule has 3 rings (SSSR count). The molecule has 7 nitrogen and oxygen atoms in total. The first-order chi connectivity index (χ1) is 13.1. The Morgan fingerprint density at radius 2 is 1.64 bits per heavy atom. The van der Waals surface area contributed by atoms with Gasteiger partial charge in [0.2, 0.25) is 10.0 Å². The van der Waals surface area contributed by atoms with Crippen molar-refractivity contribution in [3.63, 3.8) is 0 Å². The van der Waals surface area contributed by atoms with Gasteiger partial charge in [-0.05, 0) is 44.0 Å². The third kappa shape index (κ3) is 4.16. The zero-order chi connectivity index (χ0) is 20.5. The number of rotatable bonds is 5. The van der Waals surface area contributed by atoms with Crippen molar-refractivity contribution in [2.24, 2.45) is 0 Å². The van der Waals surface area contributed by atoms with Crippen LogP contribution >= 0.6 is 0 Å². The highest BCUT2D eigenvalue weighted by atomic mass is 32.2. The molecule has 1 aromatic carbocycles. The summed E-state index contributed by atoms with van der Waals surface area (Å²) in [6.07, 6.45) is 3.69.